The lowest BCUT2D eigenvalue weighted by Crippen LogP contribution is -2.25. The number of carbonyl (C=O) groups excluding carboxylic acids is 1. The minimum Gasteiger partial charge on any atom is -0.324 e. The average molecular weight is 276 g/mol. The van der Waals surface area contributed by atoms with Crippen molar-refractivity contribution in [1.29, 1.82) is 5.26 Å². The fraction of sp³-hybridized carbons (Fsp3) is 0.222. The summed E-state index contributed by atoms with van der Waals surface area (Å²) in [6, 6.07) is 17.3. The van der Waals surface area contributed by atoms with E-state index in [0.717, 1.165) is 24.8 Å². The molecule has 3 nitrogen and oxygen atoms in total. The number of anilines is 1. The van der Waals surface area contributed by atoms with Gasteiger partial charge >= 0.3 is 0 Å². The average Bonchev–Trinajstić information content (AvgIpc) is 2.54. The molecule has 0 heterocycles. The number of aryl methyl sites for hydroxylation is 1. The van der Waals surface area contributed by atoms with E-state index in [1.165, 1.54) is 5.56 Å². The first-order valence-electron chi connectivity index (χ1n) is 7.17. The van der Waals surface area contributed by atoms with Crippen molar-refractivity contribution in [1.82, 2.24) is 0 Å². The van der Waals surface area contributed by atoms with E-state index in [0.29, 0.717) is 11.3 Å². The highest BCUT2D eigenvalue weighted by atomic mass is 16.1. The van der Waals surface area contributed by atoms with Gasteiger partial charge in [0.25, 0.3) is 0 Å². The Kier molecular flexibility index (Phi) is 3.70. The second-order valence-electron chi connectivity index (χ2n) is 5.29. The molecule has 1 aliphatic rings. The van der Waals surface area contributed by atoms with E-state index in [1.54, 1.807) is 18.2 Å². The Labute approximate surface area is 124 Å². The Hall–Kier alpha value is -2.60. The van der Waals surface area contributed by atoms with Crippen LogP contribution in [0.2, 0.25) is 0 Å². The molecule has 0 aliphatic heterocycles. The molecule has 3 rings (SSSR count). The molecule has 0 saturated heterocycles. The van der Waals surface area contributed by atoms with Crippen molar-refractivity contribution in [3.8, 4) is 6.07 Å². The zero-order valence-corrected chi connectivity index (χ0v) is 11.7. The summed E-state index contributed by atoms with van der Waals surface area (Å²) in [7, 11) is 0. The summed E-state index contributed by atoms with van der Waals surface area (Å²) < 4.78 is 0. The van der Waals surface area contributed by atoms with Gasteiger partial charge in [0.05, 0.1) is 17.2 Å². The number of fused-ring (bicyclic) bond motifs is 1. The SMILES string of the molecule is N#Cc1ccccc1NC(=O)C1CCCc2ccccc21. The zero-order chi connectivity index (χ0) is 14.7. The molecular weight excluding hydrogens is 260 g/mol. The summed E-state index contributed by atoms with van der Waals surface area (Å²) in [5.41, 5.74) is 3.47. The van der Waals surface area contributed by atoms with Gasteiger partial charge in [0.2, 0.25) is 5.91 Å². The first kappa shape index (κ1) is 13.4. The van der Waals surface area contributed by atoms with Crippen molar-refractivity contribution in [2.75, 3.05) is 5.32 Å². The fourth-order valence-electron chi connectivity index (χ4n) is 2.94. The van der Waals surface area contributed by atoms with Crippen molar-refractivity contribution in [3.63, 3.8) is 0 Å². The normalized spacial score (nSPS) is 16.6. The maximum absolute atomic E-state index is 12.6. The number of nitriles is 1. The maximum Gasteiger partial charge on any atom is 0.231 e. The van der Waals surface area contributed by atoms with Crippen molar-refractivity contribution < 1.29 is 4.79 Å². The number of benzene rings is 2. The van der Waals surface area contributed by atoms with Gasteiger partial charge in [-0.25, -0.2) is 0 Å². The molecule has 1 N–H and O–H groups in total. The molecule has 0 fully saturated rings. The van der Waals surface area contributed by atoms with Gasteiger partial charge in [-0.1, -0.05) is 36.4 Å². The summed E-state index contributed by atoms with van der Waals surface area (Å²) in [5.74, 6) is -0.147. The number of hydrogen-bond donors (Lipinski definition) is 1. The first-order valence-corrected chi connectivity index (χ1v) is 7.17. The molecule has 21 heavy (non-hydrogen) atoms. The van der Waals surface area contributed by atoms with E-state index < -0.39 is 0 Å². The molecule has 1 amide bonds. The van der Waals surface area contributed by atoms with E-state index in [1.807, 2.05) is 24.3 Å². The van der Waals surface area contributed by atoms with Crippen LogP contribution in [0.5, 0.6) is 0 Å². The van der Waals surface area contributed by atoms with Crippen LogP contribution in [0.25, 0.3) is 0 Å². The minimum atomic E-state index is -0.123. The minimum absolute atomic E-state index is 0.0233. The van der Waals surface area contributed by atoms with Crippen LogP contribution in [0, 0.1) is 11.3 Å². The topological polar surface area (TPSA) is 52.9 Å². The Morgan fingerprint density at radius 3 is 2.76 bits per heavy atom. The van der Waals surface area contributed by atoms with E-state index >= 15 is 0 Å². The Balaban J connectivity index is 1.86. The number of nitrogens with one attached hydrogen (secondary N) is 1. The Morgan fingerprint density at radius 1 is 1.14 bits per heavy atom. The molecule has 1 atom stereocenters. The molecule has 0 radical (unpaired) electrons. The van der Waals surface area contributed by atoms with Crippen LogP contribution in [0.1, 0.15) is 35.4 Å². The molecule has 0 saturated carbocycles. The third kappa shape index (κ3) is 2.66. The van der Waals surface area contributed by atoms with Gasteiger partial charge in [0.15, 0.2) is 0 Å². The highest BCUT2D eigenvalue weighted by molar-refractivity contribution is 5.97. The lowest BCUT2D eigenvalue weighted by atomic mass is 9.82. The van der Waals surface area contributed by atoms with Gasteiger partial charge in [-0.05, 0) is 42.5 Å². The number of rotatable bonds is 2. The molecule has 2 aromatic carbocycles. The number of carbonyl (C=O) groups is 1. The van der Waals surface area contributed by atoms with E-state index in [2.05, 4.69) is 17.5 Å². The van der Waals surface area contributed by atoms with E-state index in [9.17, 15) is 4.79 Å². The Morgan fingerprint density at radius 2 is 1.90 bits per heavy atom. The lowest BCUT2D eigenvalue weighted by molar-refractivity contribution is -0.117. The zero-order valence-electron chi connectivity index (χ0n) is 11.7. The van der Waals surface area contributed by atoms with Gasteiger partial charge in [0, 0.05) is 0 Å². The predicted molar refractivity (Wildman–Crippen MR) is 81.9 cm³/mol. The van der Waals surface area contributed by atoms with Crippen molar-refractivity contribution >= 4 is 11.6 Å². The predicted octanol–water partition coefficient (Wildman–Crippen LogP) is 3.62. The highest BCUT2D eigenvalue weighted by Gasteiger charge is 2.26. The molecule has 0 spiro atoms. The van der Waals surface area contributed by atoms with Crippen molar-refractivity contribution in [2.24, 2.45) is 0 Å². The summed E-state index contributed by atoms with van der Waals surface area (Å²) in [6.45, 7) is 0. The third-order valence-electron chi connectivity index (χ3n) is 3.99. The van der Waals surface area contributed by atoms with Crippen LogP contribution in [0.4, 0.5) is 5.69 Å². The standard InChI is InChI=1S/C18H16N2O/c19-12-14-7-2-4-11-17(14)20-18(21)16-10-5-8-13-6-1-3-9-15(13)16/h1-4,6-7,9,11,16H,5,8,10H2,(H,20,21). The summed E-state index contributed by atoms with van der Waals surface area (Å²) in [6.07, 6.45) is 2.92. The van der Waals surface area contributed by atoms with Gasteiger partial charge in [-0.3, -0.25) is 4.79 Å². The van der Waals surface area contributed by atoms with Gasteiger partial charge < -0.3 is 5.32 Å². The van der Waals surface area contributed by atoms with Crippen molar-refractivity contribution in [2.45, 2.75) is 25.2 Å². The molecule has 0 aromatic heterocycles. The number of nitrogens with zero attached hydrogens (tertiary/aromatic N) is 1. The number of hydrogen-bond acceptors (Lipinski definition) is 2. The molecule has 2 aromatic rings. The van der Waals surface area contributed by atoms with Gasteiger partial charge in [-0.15, -0.1) is 0 Å². The monoisotopic (exact) mass is 276 g/mol. The van der Waals surface area contributed by atoms with Crippen LogP contribution in [-0.2, 0) is 11.2 Å². The van der Waals surface area contributed by atoms with E-state index in [4.69, 9.17) is 5.26 Å². The molecular formula is C18H16N2O. The Bertz CT molecular complexity index is 715. The third-order valence-corrected chi connectivity index (χ3v) is 3.99. The summed E-state index contributed by atoms with van der Waals surface area (Å²) in [5, 5.41) is 12.0. The summed E-state index contributed by atoms with van der Waals surface area (Å²) >= 11 is 0. The number of amides is 1. The van der Waals surface area contributed by atoms with Crippen LogP contribution >= 0.6 is 0 Å². The maximum atomic E-state index is 12.6. The molecule has 0 bridgehead atoms. The van der Waals surface area contributed by atoms with Crippen LogP contribution in [0.15, 0.2) is 48.5 Å². The van der Waals surface area contributed by atoms with Crippen molar-refractivity contribution in [3.05, 3.63) is 65.2 Å². The fourth-order valence-corrected chi connectivity index (χ4v) is 2.94. The van der Waals surface area contributed by atoms with E-state index in [-0.39, 0.29) is 11.8 Å². The van der Waals surface area contributed by atoms with Gasteiger partial charge in [-0.2, -0.15) is 5.26 Å². The van der Waals surface area contributed by atoms with Crippen LogP contribution < -0.4 is 5.32 Å². The first-order chi connectivity index (χ1) is 10.3. The molecule has 104 valence electrons. The number of para-hydroxylation sites is 1. The molecule has 1 aliphatic carbocycles. The second kappa shape index (κ2) is 5.80. The summed E-state index contributed by atoms with van der Waals surface area (Å²) in [4.78, 5) is 12.6. The quantitative estimate of drug-likeness (QED) is 0.910. The largest absolute Gasteiger partial charge is 0.324 e. The van der Waals surface area contributed by atoms with Crippen LogP contribution in [0.3, 0.4) is 0 Å². The smallest absolute Gasteiger partial charge is 0.231 e. The second-order valence-corrected chi connectivity index (χ2v) is 5.29. The molecule has 1 unspecified atom stereocenters. The van der Waals surface area contributed by atoms with Crippen LogP contribution in [-0.4, -0.2) is 5.91 Å². The lowest BCUT2D eigenvalue weighted by Gasteiger charge is -2.24. The van der Waals surface area contributed by atoms with Gasteiger partial charge in [0.1, 0.15) is 6.07 Å². The molecule has 3 heteroatoms. The highest BCUT2D eigenvalue weighted by Crippen LogP contribution is 2.32.